The Labute approximate surface area is 113 Å². The third kappa shape index (κ3) is 2.67. The van der Waals surface area contributed by atoms with Crippen LogP contribution in [0, 0.1) is 5.82 Å². The molecule has 1 heterocycles. The van der Waals surface area contributed by atoms with Gasteiger partial charge in [-0.3, -0.25) is 4.68 Å². The third-order valence-electron chi connectivity index (χ3n) is 2.65. The average Bonchev–Trinajstić information content (AvgIpc) is 2.74. The Bertz CT molecular complexity index is 770. The van der Waals surface area contributed by atoms with E-state index in [-0.39, 0.29) is 10.7 Å². The second-order valence-corrected chi connectivity index (χ2v) is 6.00. The first-order valence-corrected chi connectivity index (χ1v) is 7.05. The van der Waals surface area contributed by atoms with Crippen LogP contribution in [-0.2, 0) is 22.6 Å². The number of hydrogen-bond acceptors (Lipinski definition) is 5. The summed E-state index contributed by atoms with van der Waals surface area (Å²) in [4.78, 5) is 14.3. The van der Waals surface area contributed by atoms with Crippen LogP contribution in [0.15, 0.2) is 29.4 Å². The van der Waals surface area contributed by atoms with Crippen LogP contribution in [0.5, 0.6) is 0 Å². The molecule has 0 amide bonds. The van der Waals surface area contributed by atoms with Crippen molar-refractivity contribution in [3.8, 4) is 0 Å². The third-order valence-corrected chi connectivity index (χ3v) is 4.26. The summed E-state index contributed by atoms with van der Waals surface area (Å²) in [5.74, 6) is -2.77. The molecule has 106 valence electrons. The number of halogens is 1. The molecule has 7 nitrogen and oxygen atoms in total. The number of nitrogens with zero attached hydrogens (tertiary/aromatic N) is 3. The molecule has 2 rings (SSSR count). The second kappa shape index (κ2) is 5.00. The maximum atomic E-state index is 13.2. The van der Waals surface area contributed by atoms with Gasteiger partial charge in [0.05, 0.1) is 10.5 Å². The molecule has 0 saturated heterocycles. The number of sulfone groups is 1. The summed E-state index contributed by atoms with van der Waals surface area (Å²) in [5, 5.41) is 12.5. The van der Waals surface area contributed by atoms with Crippen LogP contribution < -0.4 is 0 Å². The van der Waals surface area contributed by atoms with Crippen molar-refractivity contribution >= 4 is 15.8 Å². The smallest absolute Gasteiger partial charge is 0.338 e. The van der Waals surface area contributed by atoms with E-state index in [4.69, 9.17) is 5.11 Å². The summed E-state index contributed by atoms with van der Waals surface area (Å²) in [6.45, 7) is 0. The van der Waals surface area contributed by atoms with E-state index in [1.54, 1.807) is 0 Å². The van der Waals surface area contributed by atoms with Gasteiger partial charge in [0.25, 0.3) is 0 Å². The fourth-order valence-corrected chi connectivity index (χ4v) is 2.91. The first-order chi connectivity index (χ1) is 9.31. The van der Waals surface area contributed by atoms with Gasteiger partial charge < -0.3 is 5.11 Å². The van der Waals surface area contributed by atoms with Crippen molar-refractivity contribution in [2.75, 3.05) is 0 Å². The van der Waals surface area contributed by atoms with Crippen LogP contribution in [0.1, 0.15) is 16.2 Å². The van der Waals surface area contributed by atoms with E-state index < -0.39 is 32.9 Å². The van der Waals surface area contributed by atoms with Crippen LogP contribution in [-0.4, -0.2) is 34.3 Å². The van der Waals surface area contributed by atoms with Gasteiger partial charge in [0.15, 0.2) is 9.84 Å². The largest absolute Gasteiger partial charge is 0.478 e. The Kier molecular flexibility index (Phi) is 3.53. The summed E-state index contributed by atoms with van der Waals surface area (Å²) in [6.07, 6.45) is 1.21. The van der Waals surface area contributed by atoms with Gasteiger partial charge in [0.2, 0.25) is 0 Å². The van der Waals surface area contributed by atoms with Gasteiger partial charge in [-0.25, -0.2) is 22.6 Å². The van der Waals surface area contributed by atoms with Crippen molar-refractivity contribution in [3.63, 3.8) is 0 Å². The van der Waals surface area contributed by atoms with Gasteiger partial charge in [-0.05, 0) is 18.2 Å². The lowest BCUT2D eigenvalue weighted by Crippen LogP contribution is -2.11. The minimum Gasteiger partial charge on any atom is -0.478 e. The monoisotopic (exact) mass is 299 g/mol. The molecule has 1 N–H and O–H groups in total. The van der Waals surface area contributed by atoms with E-state index >= 15 is 0 Å². The van der Waals surface area contributed by atoms with Crippen molar-refractivity contribution in [2.24, 2.45) is 7.05 Å². The van der Waals surface area contributed by atoms with Gasteiger partial charge in [0.1, 0.15) is 23.7 Å². The SMILES string of the molecule is Cn1ncnc1CS(=O)(=O)c1ccc(F)c(C(=O)O)c1. The number of carbonyl (C=O) groups is 1. The maximum Gasteiger partial charge on any atom is 0.338 e. The molecule has 20 heavy (non-hydrogen) atoms. The van der Waals surface area contributed by atoms with Crippen LogP contribution in [0.2, 0.25) is 0 Å². The summed E-state index contributed by atoms with van der Waals surface area (Å²) in [6, 6.07) is 2.63. The molecule has 1 aromatic carbocycles. The molecule has 0 aliphatic carbocycles. The Morgan fingerprint density at radius 1 is 1.45 bits per heavy atom. The molecule has 0 radical (unpaired) electrons. The first kappa shape index (κ1) is 14.1. The molecule has 0 saturated carbocycles. The summed E-state index contributed by atoms with van der Waals surface area (Å²) >= 11 is 0. The number of rotatable bonds is 4. The fraction of sp³-hybridized carbons (Fsp3) is 0.182. The summed E-state index contributed by atoms with van der Waals surface area (Å²) in [7, 11) is -2.30. The predicted molar refractivity (Wildman–Crippen MR) is 65.3 cm³/mol. The lowest BCUT2D eigenvalue weighted by atomic mass is 10.2. The summed E-state index contributed by atoms with van der Waals surface area (Å²) < 4.78 is 38.8. The topological polar surface area (TPSA) is 102 Å². The van der Waals surface area contributed by atoms with Gasteiger partial charge >= 0.3 is 5.97 Å². The van der Waals surface area contributed by atoms with Crippen LogP contribution in [0.4, 0.5) is 4.39 Å². The molecule has 0 spiro atoms. The van der Waals surface area contributed by atoms with Crippen LogP contribution >= 0.6 is 0 Å². The zero-order valence-corrected chi connectivity index (χ0v) is 11.1. The van der Waals surface area contributed by atoms with Crippen LogP contribution in [0.3, 0.4) is 0 Å². The van der Waals surface area contributed by atoms with Crippen molar-refractivity contribution in [2.45, 2.75) is 10.6 Å². The molecule has 1 aromatic heterocycles. The van der Waals surface area contributed by atoms with E-state index in [1.165, 1.54) is 18.1 Å². The molecule has 0 aliphatic heterocycles. The number of carboxylic acid groups (broad SMARTS) is 1. The van der Waals surface area contributed by atoms with E-state index in [1.807, 2.05) is 0 Å². The predicted octanol–water partition coefficient (Wildman–Crippen LogP) is 0.626. The van der Waals surface area contributed by atoms with Gasteiger partial charge in [-0.1, -0.05) is 0 Å². The highest BCUT2D eigenvalue weighted by molar-refractivity contribution is 7.90. The molecule has 9 heteroatoms. The quantitative estimate of drug-likeness (QED) is 0.831. The van der Waals surface area contributed by atoms with E-state index in [9.17, 15) is 17.6 Å². The Morgan fingerprint density at radius 2 is 2.15 bits per heavy atom. The minimum absolute atomic E-state index is 0.200. The molecular weight excluding hydrogens is 289 g/mol. The molecule has 2 aromatic rings. The normalized spacial score (nSPS) is 11.5. The fourth-order valence-electron chi connectivity index (χ4n) is 1.57. The van der Waals surface area contributed by atoms with Crippen molar-refractivity contribution in [3.05, 3.63) is 41.7 Å². The van der Waals surface area contributed by atoms with E-state index in [0.717, 1.165) is 18.2 Å². The minimum atomic E-state index is -3.83. The van der Waals surface area contributed by atoms with Crippen molar-refractivity contribution < 1.29 is 22.7 Å². The zero-order valence-electron chi connectivity index (χ0n) is 10.3. The lowest BCUT2D eigenvalue weighted by Gasteiger charge is -2.05. The summed E-state index contributed by atoms with van der Waals surface area (Å²) in [5.41, 5.74) is -0.691. The van der Waals surface area contributed by atoms with E-state index in [0.29, 0.717) is 0 Å². The van der Waals surface area contributed by atoms with Crippen molar-refractivity contribution in [1.82, 2.24) is 14.8 Å². The average molecular weight is 299 g/mol. The first-order valence-electron chi connectivity index (χ1n) is 5.40. The van der Waals surface area contributed by atoms with Crippen molar-refractivity contribution in [1.29, 1.82) is 0 Å². The molecule has 0 aliphatic rings. The van der Waals surface area contributed by atoms with Gasteiger partial charge in [0, 0.05) is 7.05 Å². The molecule has 0 fully saturated rings. The zero-order chi connectivity index (χ0) is 14.9. The number of benzene rings is 1. The molecule has 0 atom stereocenters. The van der Waals surface area contributed by atoms with Gasteiger partial charge in [-0.2, -0.15) is 5.10 Å². The highest BCUT2D eigenvalue weighted by Crippen LogP contribution is 2.19. The number of aromatic carboxylic acids is 1. The Morgan fingerprint density at radius 3 is 2.70 bits per heavy atom. The molecule has 0 bridgehead atoms. The van der Waals surface area contributed by atoms with Gasteiger partial charge in [-0.15, -0.1) is 0 Å². The Balaban J connectivity index is 2.42. The Hall–Kier alpha value is -2.29. The van der Waals surface area contributed by atoms with Crippen LogP contribution in [0.25, 0.3) is 0 Å². The highest BCUT2D eigenvalue weighted by atomic mass is 32.2. The number of hydrogen-bond donors (Lipinski definition) is 1. The van der Waals surface area contributed by atoms with E-state index in [2.05, 4.69) is 10.1 Å². The highest BCUT2D eigenvalue weighted by Gasteiger charge is 2.21. The second-order valence-electron chi connectivity index (χ2n) is 4.01. The number of aromatic nitrogens is 3. The number of carboxylic acids is 1. The number of aryl methyl sites for hydroxylation is 1. The standard InChI is InChI=1S/C11H10FN3O4S/c1-15-10(13-6-14-15)5-20(18,19)7-2-3-9(12)8(4-7)11(16)17/h2-4,6H,5H2,1H3,(H,16,17). The molecular formula is C11H10FN3O4S. The lowest BCUT2D eigenvalue weighted by molar-refractivity contribution is 0.0691. The maximum absolute atomic E-state index is 13.2. The molecule has 0 unspecified atom stereocenters.